The second-order valence-electron chi connectivity index (χ2n) is 5.67. The van der Waals surface area contributed by atoms with E-state index in [0.29, 0.717) is 6.42 Å². The Labute approximate surface area is 117 Å². The van der Waals surface area contributed by atoms with Crippen molar-refractivity contribution in [2.24, 2.45) is 23.7 Å². The average molecular weight is 264 g/mol. The van der Waals surface area contributed by atoms with Crippen LogP contribution in [0.2, 0.25) is 0 Å². The molecule has 0 aliphatic heterocycles. The highest BCUT2D eigenvalue weighted by molar-refractivity contribution is 5.88. The Morgan fingerprint density at radius 1 is 1.37 bits per heavy atom. The van der Waals surface area contributed by atoms with Crippen molar-refractivity contribution in [2.45, 2.75) is 39.0 Å². The Balaban J connectivity index is 0.000000175. The van der Waals surface area contributed by atoms with Crippen LogP contribution in [0.4, 0.5) is 0 Å². The SMILES string of the molecule is C1=CC2C3CCC(C3)C2C1.C=CC(=O)CC.COC. The number of ketones is 1. The predicted molar refractivity (Wildman–Crippen MR) is 80.0 cm³/mol. The number of hydrogen-bond acceptors (Lipinski definition) is 2. The third-order valence-corrected chi connectivity index (χ3v) is 4.50. The molecule has 3 aliphatic rings. The number of carbonyl (C=O) groups is 1. The van der Waals surface area contributed by atoms with Gasteiger partial charge < -0.3 is 4.74 Å². The second kappa shape index (κ2) is 8.31. The fraction of sp³-hybridized carbons (Fsp3) is 0.706. The van der Waals surface area contributed by atoms with E-state index in [0.717, 1.165) is 23.7 Å². The van der Waals surface area contributed by atoms with Crippen molar-refractivity contribution < 1.29 is 9.53 Å². The molecule has 0 aromatic rings. The molecule has 3 aliphatic carbocycles. The van der Waals surface area contributed by atoms with Gasteiger partial charge in [-0.05, 0) is 55.4 Å². The van der Waals surface area contributed by atoms with Crippen LogP contribution in [-0.4, -0.2) is 20.0 Å². The maximum atomic E-state index is 10.1. The number of ether oxygens (including phenoxy) is 1. The van der Waals surface area contributed by atoms with Crippen LogP contribution in [0.3, 0.4) is 0 Å². The first kappa shape index (κ1) is 16.2. The van der Waals surface area contributed by atoms with Gasteiger partial charge in [0.15, 0.2) is 5.78 Å². The molecule has 2 saturated carbocycles. The molecule has 2 nitrogen and oxygen atoms in total. The average Bonchev–Trinajstić information content (AvgIpc) is 3.12. The normalized spacial score (nSPS) is 32.8. The molecule has 0 heterocycles. The highest BCUT2D eigenvalue weighted by atomic mass is 16.4. The summed E-state index contributed by atoms with van der Waals surface area (Å²) in [7, 11) is 3.25. The van der Waals surface area contributed by atoms with Crippen LogP contribution in [0.15, 0.2) is 24.8 Å². The lowest BCUT2D eigenvalue weighted by atomic mass is 9.82. The first-order valence-corrected chi connectivity index (χ1v) is 7.39. The van der Waals surface area contributed by atoms with E-state index in [1.807, 2.05) is 6.92 Å². The highest BCUT2D eigenvalue weighted by Gasteiger charge is 2.47. The number of hydrogen-bond donors (Lipinski definition) is 0. The van der Waals surface area contributed by atoms with E-state index >= 15 is 0 Å². The minimum Gasteiger partial charge on any atom is -0.388 e. The summed E-state index contributed by atoms with van der Waals surface area (Å²) in [4.78, 5) is 10.1. The molecule has 19 heavy (non-hydrogen) atoms. The maximum absolute atomic E-state index is 10.1. The van der Waals surface area contributed by atoms with Crippen LogP contribution < -0.4 is 0 Å². The van der Waals surface area contributed by atoms with Crippen molar-refractivity contribution >= 4 is 5.78 Å². The molecule has 0 radical (unpaired) electrons. The Morgan fingerprint density at radius 3 is 2.47 bits per heavy atom. The zero-order valence-electron chi connectivity index (χ0n) is 12.6. The van der Waals surface area contributed by atoms with Gasteiger partial charge in [-0.1, -0.05) is 25.7 Å². The first-order chi connectivity index (χ1) is 9.17. The summed E-state index contributed by atoms with van der Waals surface area (Å²) in [5, 5.41) is 0. The molecule has 4 atom stereocenters. The number of methoxy groups -OCH3 is 1. The fourth-order valence-electron chi connectivity index (χ4n) is 3.64. The predicted octanol–water partition coefficient (Wildman–Crippen LogP) is 4.02. The maximum Gasteiger partial charge on any atom is 0.154 e. The molecule has 0 aromatic heterocycles. The minimum atomic E-state index is 0.106. The molecular weight excluding hydrogens is 236 g/mol. The zero-order valence-corrected chi connectivity index (χ0v) is 12.6. The Morgan fingerprint density at radius 2 is 2.00 bits per heavy atom. The zero-order chi connectivity index (χ0) is 14.3. The molecule has 0 spiro atoms. The van der Waals surface area contributed by atoms with Gasteiger partial charge in [0.25, 0.3) is 0 Å². The summed E-state index contributed by atoms with van der Waals surface area (Å²) >= 11 is 0. The van der Waals surface area contributed by atoms with Crippen LogP contribution in [0.25, 0.3) is 0 Å². The van der Waals surface area contributed by atoms with Crippen molar-refractivity contribution in [3.05, 3.63) is 24.8 Å². The molecule has 0 N–H and O–H groups in total. The van der Waals surface area contributed by atoms with Crippen molar-refractivity contribution in [1.29, 1.82) is 0 Å². The van der Waals surface area contributed by atoms with E-state index in [1.54, 1.807) is 27.1 Å². The summed E-state index contributed by atoms with van der Waals surface area (Å²) in [6, 6.07) is 0. The van der Waals surface area contributed by atoms with Crippen molar-refractivity contribution in [2.75, 3.05) is 14.2 Å². The van der Waals surface area contributed by atoms with Crippen LogP contribution in [0.1, 0.15) is 39.0 Å². The summed E-state index contributed by atoms with van der Waals surface area (Å²) in [6.07, 6.45) is 12.9. The lowest BCUT2D eigenvalue weighted by Gasteiger charge is -2.23. The summed E-state index contributed by atoms with van der Waals surface area (Å²) in [5.74, 6) is 4.46. The van der Waals surface area contributed by atoms with Crippen LogP contribution >= 0.6 is 0 Å². The summed E-state index contributed by atoms with van der Waals surface area (Å²) in [5.41, 5.74) is 0. The second-order valence-corrected chi connectivity index (χ2v) is 5.67. The Bertz CT molecular complexity index is 319. The lowest BCUT2D eigenvalue weighted by Crippen LogP contribution is -2.16. The van der Waals surface area contributed by atoms with Gasteiger partial charge >= 0.3 is 0 Å². The minimum absolute atomic E-state index is 0.106. The van der Waals surface area contributed by atoms with Crippen LogP contribution in [0, 0.1) is 23.7 Å². The highest BCUT2D eigenvalue weighted by Crippen LogP contribution is 2.56. The fourth-order valence-corrected chi connectivity index (χ4v) is 3.64. The number of allylic oxidation sites excluding steroid dienone is 3. The summed E-state index contributed by atoms with van der Waals surface area (Å²) < 4.78 is 4.25. The van der Waals surface area contributed by atoms with Gasteiger partial charge in [-0.2, -0.15) is 0 Å². The van der Waals surface area contributed by atoms with E-state index in [1.165, 1.54) is 18.9 Å². The largest absolute Gasteiger partial charge is 0.388 e. The van der Waals surface area contributed by atoms with E-state index in [-0.39, 0.29) is 5.78 Å². The number of carbonyl (C=O) groups excluding carboxylic acids is 1. The third-order valence-electron chi connectivity index (χ3n) is 4.50. The molecule has 2 heteroatoms. The van der Waals surface area contributed by atoms with Gasteiger partial charge in [-0.3, -0.25) is 4.79 Å². The van der Waals surface area contributed by atoms with Crippen molar-refractivity contribution in [3.63, 3.8) is 0 Å². The van der Waals surface area contributed by atoms with Gasteiger partial charge in [-0.25, -0.2) is 0 Å². The molecular formula is C17H28O2. The van der Waals surface area contributed by atoms with Crippen molar-refractivity contribution in [1.82, 2.24) is 0 Å². The van der Waals surface area contributed by atoms with Gasteiger partial charge in [0.2, 0.25) is 0 Å². The third kappa shape index (κ3) is 4.31. The first-order valence-electron chi connectivity index (χ1n) is 7.39. The molecule has 2 fully saturated rings. The standard InChI is InChI=1S/C10H14.C5H8O.C2H6O/c1-2-9-7-4-5-8(6-7)10(9)3-1;1-3-5(6)4-2;1-3-2/h1-2,7-10H,3-6H2;3H,1,4H2,2H3;1-2H3. The molecule has 0 aromatic carbocycles. The Kier molecular flexibility index (Phi) is 7.07. The number of rotatable bonds is 2. The molecule has 0 amide bonds. The number of fused-ring (bicyclic) bond motifs is 5. The van der Waals surface area contributed by atoms with Gasteiger partial charge in [0, 0.05) is 20.6 Å². The van der Waals surface area contributed by atoms with E-state index < -0.39 is 0 Å². The molecule has 4 unspecified atom stereocenters. The lowest BCUT2D eigenvalue weighted by molar-refractivity contribution is -0.114. The smallest absolute Gasteiger partial charge is 0.154 e. The quantitative estimate of drug-likeness (QED) is 0.556. The Hall–Kier alpha value is -0.890. The van der Waals surface area contributed by atoms with E-state index in [9.17, 15) is 4.79 Å². The van der Waals surface area contributed by atoms with Gasteiger partial charge in [0.05, 0.1) is 0 Å². The molecule has 3 rings (SSSR count). The topological polar surface area (TPSA) is 26.3 Å². The van der Waals surface area contributed by atoms with Crippen LogP contribution in [-0.2, 0) is 9.53 Å². The van der Waals surface area contributed by atoms with Gasteiger partial charge in [0.1, 0.15) is 0 Å². The molecule has 108 valence electrons. The monoisotopic (exact) mass is 264 g/mol. The van der Waals surface area contributed by atoms with E-state index in [2.05, 4.69) is 23.5 Å². The van der Waals surface area contributed by atoms with Gasteiger partial charge in [-0.15, -0.1) is 0 Å². The summed E-state index contributed by atoms with van der Waals surface area (Å²) in [6.45, 7) is 5.09. The molecule has 2 bridgehead atoms. The van der Waals surface area contributed by atoms with Crippen molar-refractivity contribution in [3.8, 4) is 0 Å². The molecule has 0 saturated heterocycles. The van der Waals surface area contributed by atoms with Crippen LogP contribution in [0.5, 0.6) is 0 Å². The van der Waals surface area contributed by atoms with E-state index in [4.69, 9.17) is 0 Å².